The molecular weight excluding hydrogens is 232 g/mol. The molecule has 1 aliphatic rings. The van der Waals surface area contributed by atoms with Crippen molar-refractivity contribution in [3.63, 3.8) is 0 Å². The van der Waals surface area contributed by atoms with Gasteiger partial charge in [0, 0.05) is 10.9 Å². The van der Waals surface area contributed by atoms with Gasteiger partial charge in [-0.3, -0.25) is 0 Å². The molecule has 0 bridgehead atoms. The maximum Gasteiger partial charge on any atom is 0.0864 e. The molecule has 2 aromatic carbocycles. The summed E-state index contributed by atoms with van der Waals surface area (Å²) in [5.74, 6) is 0.157. The van der Waals surface area contributed by atoms with Crippen LogP contribution in [0, 0.1) is 0 Å². The van der Waals surface area contributed by atoms with Gasteiger partial charge in [-0.05, 0) is 35.2 Å². The van der Waals surface area contributed by atoms with E-state index in [-0.39, 0.29) is 5.92 Å². The lowest BCUT2D eigenvalue weighted by molar-refractivity contribution is 0.158. The third-order valence-electron chi connectivity index (χ3n) is 3.49. The summed E-state index contributed by atoms with van der Waals surface area (Å²) in [5, 5.41) is 11.1. The van der Waals surface area contributed by atoms with Crippen molar-refractivity contribution in [2.24, 2.45) is 0 Å². The summed E-state index contributed by atoms with van der Waals surface area (Å²) >= 11 is 5.88. The van der Waals surface area contributed by atoms with Crippen LogP contribution in [0.1, 0.15) is 28.7 Å². The van der Waals surface area contributed by atoms with Crippen LogP contribution >= 0.6 is 11.6 Å². The third kappa shape index (κ3) is 1.86. The highest BCUT2D eigenvalue weighted by molar-refractivity contribution is 6.30. The second-order valence-electron chi connectivity index (χ2n) is 4.51. The topological polar surface area (TPSA) is 20.2 Å². The molecule has 2 heteroatoms. The lowest BCUT2D eigenvalue weighted by atomic mass is 9.94. The van der Waals surface area contributed by atoms with Crippen molar-refractivity contribution in [1.82, 2.24) is 0 Å². The number of fused-ring (bicyclic) bond motifs is 1. The number of halogens is 1. The van der Waals surface area contributed by atoms with Crippen LogP contribution in [0.3, 0.4) is 0 Å². The lowest BCUT2D eigenvalue weighted by Gasteiger charge is -2.15. The third-order valence-corrected chi connectivity index (χ3v) is 3.74. The Morgan fingerprint density at radius 3 is 2.41 bits per heavy atom. The fourth-order valence-electron chi connectivity index (χ4n) is 2.58. The number of aliphatic hydroxyl groups excluding tert-OH is 1. The Bertz CT molecular complexity index is 533. The highest BCUT2D eigenvalue weighted by Gasteiger charge is 2.31. The number of benzene rings is 2. The molecule has 0 heterocycles. The second kappa shape index (κ2) is 4.17. The van der Waals surface area contributed by atoms with Crippen LogP contribution in [0.4, 0.5) is 0 Å². The Balaban J connectivity index is 1.96. The van der Waals surface area contributed by atoms with Gasteiger partial charge in [0.2, 0.25) is 0 Å². The zero-order chi connectivity index (χ0) is 11.8. The molecule has 0 unspecified atom stereocenters. The minimum Gasteiger partial charge on any atom is -0.388 e. The van der Waals surface area contributed by atoms with Crippen LogP contribution in [0.25, 0.3) is 0 Å². The summed E-state index contributed by atoms with van der Waals surface area (Å²) in [6.45, 7) is 0. The number of rotatable bonds is 1. The molecule has 0 amide bonds. The molecule has 0 aliphatic heterocycles. The Hall–Kier alpha value is -1.31. The van der Waals surface area contributed by atoms with E-state index in [1.165, 1.54) is 5.56 Å². The molecule has 2 atom stereocenters. The molecule has 0 fully saturated rings. The lowest BCUT2D eigenvalue weighted by Crippen LogP contribution is -2.04. The predicted molar refractivity (Wildman–Crippen MR) is 69.3 cm³/mol. The predicted octanol–water partition coefficient (Wildman–Crippen LogP) is 3.71. The molecule has 0 saturated heterocycles. The molecule has 0 saturated carbocycles. The second-order valence-corrected chi connectivity index (χ2v) is 4.94. The summed E-state index contributed by atoms with van der Waals surface area (Å²) in [7, 11) is 0. The van der Waals surface area contributed by atoms with E-state index in [1.807, 2.05) is 42.5 Å². The van der Waals surface area contributed by atoms with Gasteiger partial charge < -0.3 is 5.11 Å². The van der Waals surface area contributed by atoms with Gasteiger partial charge in [0.05, 0.1) is 6.10 Å². The standard InChI is InChI=1S/C15H13ClO/c16-12-7-5-10(6-8-12)14-9-11-3-1-2-4-13(11)15(14)17/h1-8,14-15,17H,9H2/t14-,15+/m0/s1. The van der Waals surface area contributed by atoms with Gasteiger partial charge in [-0.25, -0.2) is 0 Å². The van der Waals surface area contributed by atoms with Gasteiger partial charge in [-0.2, -0.15) is 0 Å². The van der Waals surface area contributed by atoms with E-state index in [1.54, 1.807) is 0 Å². The number of hydrogen-bond donors (Lipinski definition) is 1. The van der Waals surface area contributed by atoms with Crippen LogP contribution in [-0.4, -0.2) is 5.11 Å². The summed E-state index contributed by atoms with van der Waals surface area (Å²) in [6, 6.07) is 15.9. The molecule has 0 aromatic heterocycles. The Labute approximate surface area is 106 Å². The average Bonchev–Trinajstić information content (AvgIpc) is 2.69. The van der Waals surface area contributed by atoms with Gasteiger partial charge in [0.1, 0.15) is 0 Å². The highest BCUT2D eigenvalue weighted by atomic mass is 35.5. The SMILES string of the molecule is O[C@@H]1c2ccccc2C[C@H]1c1ccc(Cl)cc1. The van der Waals surface area contributed by atoms with Crippen LogP contribution in [-0.2, 0) is 6.42 Å². The minimum absolute atomic E-state index is 0.157. The Morgan fingerprint density at radius 1 is 1.00 bits per heavy atom. The van der Waals surface area contributed by atoms with Crippen molar-refractivity contribution in [1.29, 1.82) is 0 Å². The first-order valence-corrected chi connectivity index (χ1v) is 6.15. The zero-order valence-electron chi connectivity index (χ0n) is 9.31. The van der Waals surface area contributed by atoms with E-state index in [2.05, 4.69) is 6.07 Å². The molecule has 0 spiro atoms. The van der Waals surface area contributed by atoms with Crippen molar-refractivity contribution in [3.8, 4) is 0 Å². The first-order valence-electron chi connectivity index (χ1n) is 5.77. The van der Waals surface area contributed by atoms with E-state index >= 15 is 0 Å². The van der Waals surface area contributed by atoms with Crippen LogP contribution in [0.15, 0.2) is 48.5 Å². The molecule has 0 radical (unpaired) electrons. The summed E-state index contributed by atoms with van der Waals surface area (Å²) in [4.78, 5) is 0. The fraction of sp³-hybridized carbons (Fsp3) is 0.200. The van der Waals surface area contributed by atoms with Crippen molar-refractivity contribution >= 4 is 11.6 Å². The summed E-state index contributed by atoms with van der Waals surface area (Å²) in [6.07, 6.45) is 0.506. The van der Waals surface area contributed by atoms with Crippen molar-refractivity contribution < 1.29 is 5.11 Å². The quantitative estimate of drug-likeness (QED) is 0.811. The van der Waals surface area contributed by atoms with Gasteiger partial charge in [0.25, 0.3) is 0 Å². The van der Waals surface area contributed by atoms with Crippen molar-refractivity contribution in [2.75, 3.05) is 0 Å². The van der Waals surface area contributed by atoms with Gasteiger partial charge >= 0.3 is 0 Å². The first kappa shape index (κ1) is 10.8. The first-order chi connectivity index (χ1) is 8.25. The molecule has 1 nitrogen and oxygen atoms in total. The van der Waals surface area contributed by atoms with Crippen LogP contribution in [0.5, 0.6) is 0 Å². The smallest absolute Gasteiger partial charge is 0.0864 e. The van der Waals surface area contributed by atoms with Gasteiger partial charge in [-0.1, -0.05) is 48.0 Å². The molecule has 2 aromatic rings. The average molecular weight is 245 g/mol. The molecule has 86 valence electrons. The maximum atomic E-state index is 10.3. The van der Waals surface area contributed by atoms with E-state index < -0.39 is 6.10 Å². The largest absolute Gasteiger partial charge is 0.388 e. The fourth-order valence-corrected chi connectivity index (χ4v) is 2.71. The molecule has 1 aliphatic carbocycles. The normalized spacial score (nSPS) is 22.5. The van der Waals surface area contributed by atoms with Crippen LogP contribution in [0.2, 0.25) is 5.02 Å². The highest BCUT2D eigenvalue weighted by Crippen LogP contribution is 2.42. The van der Waals surface area contributed by atoms with Gasteiger partial charge in [0.15, 0.2) is 0 Å². The van der Waals surface area contributed by atoms with E-state index in [9.17, 15) is 5.11 Å². The number of aliphatic hydroxyl groups is 1. The number of hydrogen-bond acceptors (Lipinski definition) is 1. The minimum atomic E-state index is -0.396. The maximum absolute atomic E-state index is 10.3. The van der Waals surface area contributed by atoms with E-state index in [0.717, 1.165) is 22.6 Å². The Morgan fingerprint density at radius 2 is 1.71 bits per heavy atom. The van der Waals surface area contributed by atoms with Crippen LogP contribution < -0.4 is 0 Å². The zero-order valence-corrected chi connectivity index (χ0v) is 10.1. The molecule has 3 rings (SSSR count). The van der Waals surface area contributed by atoms with E-state index in [4.69, 9.17) is 11.6 Å². The van der Waals surface area contributed by atoms with Crippen molar-refractivity contribution in [3.05, 3.63) is 70.2 Å². The molecular formula is C15H13ClO. The summed E-state index contributed by atoms with van der Waals surface area (Å²) in [5.41, 5.74) is 3.46. The molecule has 1 N–H and O–H groups in total. The van der Waals surface area contributed by atoms with Gasteiger partial charge in [-0.15, -0.1) is 0 Å². The molecule has 17 heavy (non-hydrogen) atoms. The Kier molecular flexibility index (Phi) is 2.65. The summed E-state index contributed by atoms with van der Waals surface area (Å²) < 4.78 is 0. The monoisotopic (exact) mass is 244 g/mol. The van der Waals surface area contributed by atoms with Crippen molar-refractivity contribution in [2.45, 2.75) is 18.4 Å². The van der Waals surface area contributed by atoms with E-state index in [0.29, 0.717) is 0 Å².